The number of pyridine rings is 1. The van der Waals surface area contributed by atoms with Crippen LogP contribution in [-0.4, -0.2) is 32.6 Å². The number of aliphatic hydroxyl groups excluding tert-OH is 1. The van der Waals surface area contributed by atoms with Crippen molar-refractivity contribution in [2.75, 3.05) is 6.61 Å². The van der Waals surface area contributed by atoms with Crippen molar-refractivity contribution in [1.29, 1.82) is 0 Å². The molecule has 2 rings (SSSR count). The highest BCUT2D eigenvalue weighted by molar-refractivity contribution is 5.92. The zero-order chi connectivity index (χ0) is 14.2. The van der Waals surface area contributed by atoms with Crippen LogP contribution in [0.15, 0.2) is 36.9 Å². The summed E-state index contributed by atoms with van der Waals surface area (Å²) < 4.78 is 0. The molecule has 1 amide bonds. The van der Waals surface area contributed by atoms with E-state index in [-0.39, 0.29) is 12.5 Å². The second kappa shape index (κ2) is 6.97. The molecule has 0 saturated heterocycles. The summed E-state index contributed by atoms with van der Waals surface area (Å²) in [5, 5.41) is 11.3. The van der Waals surface area contributed by atoms with Crippen LogP contribution in [0.4, 0.5) is 0 Å². The fourth-order valence-electron chi connectivity index (χ4n) is 1.43. The Morgan fingerprint density at radius 3 is 2.85 bits per heavy atom. The van der Waals surface area contributed by atoms with Gasteiger partial charge in [-0.15, -0.1) is 0 Å². The van der Waals surface area contributed by atoms with Crippen molar-refractivity contribution in [2.24, 2.45) is 0 Å². The monoisotopic (exact) mass is 268 g/mol. The van der Waals surface area contributed by atoms with E-state index < -0.39 is 0 Å². The van der Waals surface area contributed by atoms with E-state index in [1.165, 1.54) is 12.5 Å². The van der Waals surface area contributed by atoms with E-state index >= 15 is 0 Å². The number of rotatable bonds is 3. The Kier molecular flexibility index (Phi) is 4.76. The fraction of sp³-hybridized carbons (Fsp3) is 0.143. The highest BCUT2D eigenvalue weighted by Crippen LogP contribution is 1.99. The Labute approximate surface area is 115 Å². The Bertz CT molecular complexity index is 630. The maximum atomic E-state index is 11.9. The molecule has 0 atom stereocenters. The van der Waals surface area contributed by atoms with Crippen molar-refractivity contribution >= 4 is 5.91 Å². The molecular formula is C14H12N4O2. The van der Waals surface area contributed by atoms with Crippen LogP contribution in [0, 0.1) is 11.8 Å². The third kappa shape index (κ3) is 3.86. The molecule has 0 radical (unpaired) electrons. The molecule has 2 aromatic rings. The lowest BCUT2D eigenvalue weighted by Gasteiger charge is -2.03. The lowest BCUT2D eigenvalue weighted by Crippen LogP contribution is -2.24. The molecule has 6 nitrogen and oxygen atoms in total. The predicted octanol–water partition coefficient (Wildman–Crippen LogP) is 0.145. The minimum absolute atomic E-state index is 0.207. The van der Waals surface area contributed by atoms with Crippen LogP contribution in [0.25, 0.3) is 0 Å². The molecular weight excluding hydrogens is 256 g/mol. The largest absolute Gasteiger partial charge is 0.384 e. The Morgan fingerprint density at radius 2 is 2.20 bits per heavy atom. The summed E-state index contributed by atoms with van der Waals surface area (Å²) in [5.74, 6) is 4.93. The van der Waals surface area contributed by atoms with Crippen molar-refractivity contribution in [3.63, 3.8) is 0 Å². The molecule has 2 N–H and O–H groups in total. The van der Waals surface area contributed by atoms with Crippen LogP contribution in [0.3, 0.4) is 0 Å². The summed E-state index contributed by atoms with van der Waals surface area (Å²) in [7, 11) is 0. The molecule has 0 spiro atoms. The van der Waals surface area contributed by atoms with Gasteiger partial charge in [0.1, 0.15) is 18.6 Å². The standard InChI is InChI=1S/C14H12N4O2/c19-7-1-2-11-3-4-13(16-8-11)14(20)17-9-12-5-6-15-10-18-12/h3-6,8,10,19H,7,9H2,(H,17,20). The normalized spacial score (nSPS) is 9.45. The summed E-state index contributed by atoms with van der Waals surface area (Å²) >= 11 is 0. The van der Waals surface area contributed by atoms with Gasteiger partial charge in [-0.3, -0.25) is 4.79 Å². The molecule has 0 aliphatic heterocycles. The SMILES string of the molecule is O=C(NCc1ccncn1)c1ccc(C#CCO)cn1. The van der Waals surface area contributed by atoms with Gasteiger partial charge in [0.2, 0.25) is 0 Å². The van der Waals surface area contributed by atoms with Gasteiger partial charge in [0.05, 0.1) is 12.2 Å². The maximum Gasteiger partial charge on any atom is 0.270 e. The topological polar surface area (TPSA) is 88.0 Å². The van der Waals surface area contributed by atoms with E-state index in [1.807, 2.05) is 0 Å². The molecule has 6 heteroatoms. The fourth-order valence-corrected chi connectivity index (χ4v) is 1.43. The maximum absolute atomic E-state index is 11.9. The number of hydrogen-bond acceptors (Lipinski definition) is 5. The van der Waals surface area contributed by atoms with Gasteiger partial charge >= 0.3 is 0 Å². The molecule has 0 unspecified atom stereocenters. The number of nitrogens with one attached hydrogen (secondary N) is 1. The molecule has 100 valence electrons. The van der Waals surface area contributed by atoms with E-state index in [2.05, 4.69) is 32.1 Å². The van der Waals surface area contributed by atoms with Crippen LogP contribution in [-0.2, 0) is 6.54 Å². The lowest BCUT2D eigenvalue weighted by molar-refractivity contribution is 0.0945. The van der Waals surface area contributed by atoms with Gasteiger partial charge in [-0.25, -0.2) is 15.0 Å². The average Bonchev–Trinajstić information content (AvgIpc) is 2.52. The van der Waals surface area contributed by atoms with E-state index in [0.717, 1.165) is 5.69 Å². The van der Waals surface area contributed by atoms with Crippen LogP contribution in [0.5, 0.6) is 0 Å². The third-order valence-electron chi connectivity index (χ3n) is 2.38. The molecule has 0 fully saturated rings. The molecule has 0 aliphatic rings. The van der Waals surface area contributed by atoms with Crippen molar-refractivity contribution in [2.45, 2.75) is 6.54 Å². The molecule has 0 aliphatic carbocycles. The highest BCUT2D eigenvalue weighted by Gasteiger charge is 2.06. The summed E-state index contributed by atoms with van der Waals surface area (Å²) in [5.41, 5.74) is 1.67. The van der Waals surface area contributed by atoms with E-state index in [9.17, 15) is 4.79 Å². The Hall–Kier alpha value is -2.78. The van der Waals surface area contributed by atoms with Crippen LogP contribution >= 0.6 is 0 Å². The van der Waals surface area contributed by atoms with Crippen LogP contribution in [0.1, 0.15) is 21.7 Å². The van der Waals surface area contributed by atoms with E-state index in [0.29, 0.717) is 17.8 Å². The molecule has 0 saturated carbocycles. The molecule has 2 heterocycles. The minimum atomic E-state index is -0.287. The van der Waals surface area contributed by atoms with Crippen molar-refractivity contribution in [3.8, 4) is 11.8 Å². The average molecular weight is 268 g/mol. The zero-order valence-electron chi connectivity index (χ0n) is 10.6. The third-order valence-corrected chi connectivity index (χ3v) is 2.38. The molecule has 2 aromatic heterocycles. The first-order valence-electron chi connectivity index (χ1n) is 5.88. The summed E-state index contributed by atoms with van der Waals surface area (Å²) in [4.78, 5) is 23.7. The predicted molar refractivity (Wildman–Crippen MR) is 71.4 cm³/mol. The minimum Gasteiger partial charge on any atom is -0.384 e. The smallest absolute Gasteiger partial charge is 0.270 e. The number of hydrogen-bond donors (Lipinski definition) is 2. The van der Waals surface area contributed by atoms with Gasteiger partial charge in [-0.05, 0) is 18.2 Å². The van der Waals surface area contributed by atoms with Crippen LogP contribution < -0.4 is 5.32 Å². The van der Waals surface area contributed by atoms with E-state index in [4.69, 9.17) is 5.11 Å². The quantitative estimate of drug-likeness (QED) is 0.773. The second-order valence-electron chi connectivity index (χ2n) is 3.78. The van der Waals surface area contributed by atoms with Crippen molar-refractivity contribution in [3.05, 3.63) is 53.9 Å². The van der Waals surface area contributed by atoms with Gasteiger partial charge in [0.15, 0.2) is 0 Å². The Morgan fingerprint density at radius 1 is 1.30 bits per heavy atom. The van der Waals surface area contributed by atoms with Gasteiger partial charge in [0, 0.05) is 18.0 Å². The highest BCUT2D eigenvalue weighted by atomic mass is 16.2. The van der Waals surface area contributed by atoms with E-state index in [1.54, 1.807) is 24.4 Å². The first-order valence-corrected chi connectivity index (χ1v) is 5.88. The summed E-state index contributed by atoms with van der Waals surface area (Å²) in [6.07, 6.45) is 4.53. The first kappa shape index (κ1) is 13.6. The van der Waals surface area contributed by atoms with Gasteiger partial charge in [-0.2, -0.15) is 0 Å². The summed E-state index contributed by atoms with van der Waals surface area (Å²) in [6, 6.07) is 4.98. The van der Waals surface area contributed by atoms with Gasteiger partial charge in [0.25, 0.3) is 5.91 Å². The van der Waals surface area contributed by atoms with Gasteiger partial charge < -0.3 is 10.4 Å². The molecule has 0 bridgehead atoms. The number of aromatic nitrogens is 3. The zero-order valence-corrected chi connectivity index (χ0v) is 10.6. The summed E-state index contributed by atoms with van der Waals surface area (Å²) in [6.45, 7) is 0.107. The van der Waals surface area contributed by atoms with Gasteiger partial charge in [-0.1, -0.05) is 11.8 Å². The number of aliphatic hydroxyl groups is 1. The second-order valence-corrected chi connectivity index (χ2v) is 3.78. The molecule has 20 heavy (non-hydrogen) atoms. The van der Waals surface area contributed by atoms with Crippen molar-refractivity contribution in [1.82, 2.24) is 20.3 Å². The van der Waals surface area contributed by atoms with Crippen LogP contribution in [0.2, 0.25) is 0 Å². The lowest BCUT2D eigenvalue weighted by atomic mass is 10.2. The van der Waals surface area contributed by atoms with Crippen molar-refractivity contribution < 1.29 is 9.90 Å². The number of nitrogens with zero attached hydrogens (tertiary/aromatic N) is 3. The number of carbonyl (C=O) groups excluding carboxylic acids is 1. The first-order chi connectivity index (χ1) is 9.79. The molecule has 0 aromatic carbocycles. The number of carbonyl (C=O) groups is 1. The number of amides is 1. The Balaban J connectivity index is 1.96.